The molecule has 0 atom stereocenters. The van der Waals surface area contributed by atoms with Crippen LogP contribution in [-0.4, -0.2) is 14.6 Å². The van der Waals surface area contributed by atoms with Crippen LogP contribution in [0.4, 0.5) is 0 Å². The number of hydrogen-bond acceptors (Lipinski definition) is 5. The van der Waals surface area contributed by atoms with Crippen molar-refractivity contribution in [1.29, 1.82) is 0 Å². The monoisotopic (exact) mass is 329 g/mol. The molecule has 3 rings (SSSR count). The summed E-state index contributed by atoms with van der Waals surface area (Å²) in [5, 5.41) is 4.93. The third kappa shape index (κ3) is 3.42. The van der Waals surface area contributed by atoms with Crippen molar-refractivity contribution in [2.45, 2.75) is 39.7 Å². The number of aromatic nitrogens is 3. The summed E-state index contributed by atoms with van der Waals surface area (Å²) in [4.78, 5) is 17.0. The van der Waals surface area contributed by atoms with Gasteiger partial charge in [-0.15, -0.1) is 0 Å². The Hall–Kier alpha value is -2.21. The van der Waals surface area contributed by atoms with Crippen molar-refractivity contribution in [3.05, 3.63) is 57.0 Å². The molecule has 0 aliphatic heterocycles. The minimum absolute atomic E-state index is 0.115. The Morgan fingerprint density at radius 1 is 1.22 bits per heavy atom. The average Bonchev–Trinajstić information content (AvgIpc) is 2.86. The van der Waals surface area contributed by atoms with Crippen LogP contribution in [0.1, 0.15) is 37.0 Å². The van der Waals surface area contributed by atoms with Crippen LogP contribution in [0.25, 0.3) is 4.96 Å². The van der Waals surface area contributed by atoms with E-state index >= 15 is 0 Å². The van der Waals surface area contributed by atoms with Crippen LogP contribution in [0.2, 0.25) is 0 Å². The van der Waals surface area contributed by atoms with Gasteiger partial charge in [0.05, 0.1) is 5.69 Å². The molecule has 0 fully saturated rings. The standard InChI is InChI=1S/C17H19N3O2S/c1-11-19-20-15(21)9-13(18-16(20)23-11)10-22-14-7-5-12(6-8-14)17(2,3)4/h5-9H,10H2,1-4H3. The Morgan fingerprint density at radius 3 is 2.57 bits per heavy atom. The van der Waals surface area contributed by atoms with Gasteiger partial charge in [0.1, 0.15) is 17.4 Å². The molecular formula is C17H19N3O2S. The highest BCUT2D eigenvalue weighted by Crippen LogP contribution is 2.24. The first-order valence-electron chi connectivity index (χ1n) is 7.43. The Balaban J connectivity index is 1.77. The third-order valence-corrected chi connectivity index (χ3v) is 4.33. The van der Waals surface area contributed by atoms with Crippen LogP contribution in [-0.2, 0) is 12.0 Å². The van der Waals surface area contributed by atoms with Crippen LogP contribution in [0.5, 0.6) is 5.75 Å². The number of aryl methyl sites for hydroxylation is 1. The third-order valence-electron chi connectivity index (χ3n) is 3.51. The van der Waals surface area contributed by atoms with Crippen molar-refractivity contribution < 1.29 is 4.74 Å². The molecule has 0 bridgehead atoms. The Kier molecular flexibility index (Phi) is 3.93. The van der Waals surface area contributed by atoms with E-state index < -0.39 is 0 Å². The molecule has 0 N–H and O–H groups in total. The molecule has 3 aromatic rings. The van der Waals surface area contributed by atoms with Crippen LogP contribution in [0.3, 0.4) is 0 Å². The molecule has 6 heteroatoms. The maximum atomic E-state index is 12.0. The van der Waals surface area contributed by atoms with E-state index in [1.54, 1.807) is 0 Å². The fourth-order valence-corrected chi connectivity index (χ4v) is 3.00. The van der Waals surface area contributed by atoms with E-state index in [-0.39, 0.29) is 17.6 Å². The van der Waals surface area contributed by atoms with Gasteiger partial charge in [-0.1, -0.05) is 44.2 Å². The van der Waals surface area contributed by atoms with Gasteiger partial charge in [-0.05, 0) is 30.0 Å². The Labute approximate surface area is 138 Å². The first kappa shape index (κ1) is 15.7. The summed E-state index contributed by atoms with van der Waals surface area (Å²) in [5.41, 5.74) is 1.80. The maximum absolute atomic E-state index is 12.0. The van der Waals surface area contributed by atoms with Gasteiger partial charge < -0.3 is 4.74 Å². The molecule has 2 heterocycles. The number of rotatable bonds is 3. The van der Waals surface area contributed by atoms with Gasteiger partial charge in [-0.3, -0.25) is 4.79 Å². The normalized spacial score (nSPS) is 11.8. The lowest BCUT2D eigenvalue weighted by molar-refractivity contribution is 0.301. The lowest BCUT2D eigenvalue weighted by atomic mass is 9.87. The Bertz CT molecular complexity index is 889. The van der Waals surface area contributed by atoms with Crippen LogP contribution >= 0.6 is 11.3 Å². The van der Waals surface area contributed by atoms with Crippen LogP contribution in [0.15, 0.2) is 35.1 Å². The largest absolute Gasteiger partial charge is 0.487 e. The zero-order chi connectivity index (χ0) is 16.6. The zero-order valence-corrected chi connectivity index (χ0v) is 14.5. The summed E-state index contributed by atoms with van der Waals surface area (Å²) in [7, 11) is 0. The van der Waals surface area contributed by atoms with Gasteiger partial charge in [0, 0.05) is 6.07 Å². The van der Waals surface area contributed by atoms with E-state index in [4.69, 9.17) is 4.74 Å². The second-order valence-corrected chi connectivity index (χ2v) is 7.62. The van der Waals surface area contributed by atoms with Crippen molar-refractivity contribution in [3.63, 3.8) is 0 Å². The molecule has 1 aromatic carbocycles. The van der Waals surface area contributed by atoms with Crippen LogP contribution in [0, 0.1) is 6.92 Å². The number of fused-ring (bicyclic) bond motifs is 1. The van der Waals surface area contributed by atoms with Gasteiger partial charge in [0.25, 0.3) is 5.56 Å². The summed E-state index contributed by atoms with van der Waals surface area (Å²) in [5.74, 6) is 0.764. The molecule has 2 aromatic heterocycles. The van der Waals surface area contributed by atoms with E-state index in [1.165, 1.54) is 27.5 Å². The molecule has 23 heavy (non-hydrogen) atoms. The number of hydrogen-bond donors (Lipinski definition) is 0. The highest BCUT2D eigenvalue weighted by molar-refractivity contribution is 7.16. The summed E-state index contributed by atoms with van der Waals surface area (Å²) in [6, 6.07) is 9.49. The van der Waals surface area contributed by atoms with Crippen molar-refractivity contribution >= 4 is 16.3 Å². The number of ether oxygens (including phenoxy) is 1. The first-order valence-corrected chi connectivity index (χ1v) is 8.24. The van der Waals surface area contributed by atoms with Crippen molar-refractivity contribution in [1.82, 2.24) is 14.6 Å². The summed E-state index contributed by atoms with van der Waals surface area (Å²) in [6.07, 6.45) is 0. The highest BCUT2D eigenvalue weighted by atomic mass is 32.1. The van der Waals surface area contributed by atoms with E-state index in [2.05, 4.69) is 43.0 Å². The Morgan fingerprint density at radius 2 is 1.91 bits per heavy atom. The lowest BCUT2D eigenvalue weighted by Gasteiger charge is -2.19. The molecule has 5 nitrogen and oxygen atoms in total. The van der Waals surface area contributed by atoms with Gasteiger partial charge >= 0.3 is 0 Å². The summed E-state index contributed by atoms with van der Waals surface area (Å²) in [6.45, 7) is 8.63. The van der Waals surface area contributed by atoms with Crippen LogP contribution < -0.4 is 10.3 Å². The fourth-order valence-electron chi connectivity index (χ4n) is 2.23. The van der Waals surface area contributed by atoms with Gasteiger partial charge in [0.15, 0.2) is 0 Å². The molecule has 0 aliphatic rings. The second kappa shape index (κ2) is 5.77. The second-order valence-electron chi connectivity index (χ2n) is 6.46. The number of benzene rings is 1. The minimum atomic E-state index is -0.180. The van der Waals surface area contributed by atoms with Gasteiger partial charge in [0.2, 0.25) is 4.96 Å². The van der Waals surface area contributed by atoms with Crippen molar-refractivity contribution in [2.75, 3.05) is 0 Å². The molecular weight excluding hydrogens is 310 g/mol. The molecule has 0 radical (unpaired) electrons. The van der Waals surface area contributed by atoms with E-state index in [9.17, 15) is 4.79 Å². The average molecular weight is 329 g/mol. The SMILES string of the molecule is Cc1nn2c(=O)cc(COc3ccc(C(C)(C)C)cc3)nc2s1. The molecule has 0 spiro atoms. The van der Waals surface area contributed by atoms with Gasteiger partial charge in [-0.2, -0.15) is 9.61 Å². The topological polar surface area (TPSA) is 56.5 Å². The zero-order valence-electron chi connectivity index (χ0n) is 13.7. The summed E-state index contributed by atoms with van der Waals surface area (Å²) < 4.78 is 7.07. The molecule has 0 unspecified atom stereocenters. The molecule has 120 valence electrons. The number of nitrogens with zero attached hydrogens (tertiary/aromatic N) is 3. The maximum Gasteiger partial charge on any atom is 0.275 e. The predicted molar refractivity (Wildman–Crippen MR) is 91.3 cm³/mol. The van der Waals surface area contributed by atoms with E-state index in [1.807, 2.05) is 19.1 Å². The smallest absolute Gasteiger partial charge is 0.275 e. The fraction of sp³-hybridized carbons (Fsp3) is 0.353. The predicted octanol–water partition coefficient (Wildman–Crippen LogP) is 3.34. The van der Waals surface area contributed by atoms with Gasteiger partial charge in [-0.25, -0.2) is 4.98 Å². The quantitative estimate of drug-likeness (QED) is 0.739. The minimum Gasteiger partial charge on any atom is -0.487 e. The molecule has 0 aliphatic carbocycles. The molecule has 0 saturated heterocycles. The molecule has 0 amide bonds. The van der Waals surface area contributed by atoms with E-state index in [0.717, 1.165) is 10.8 Å². The lowest BCUT2D eigenvalue weighted by Crippen LogP contribution is -2.16. The summed E-state index contributed by atoms with van der Waals surface area (Å²) >= 11 is 1.39. The molecule has 0 saturated carbocycles. The van der Waals surface area contributed by atoms with Crippen molar-refractivity contribution in [2.24, 2.45) is 0 Å². The van der Waals surface area contributed by atoms with E-state index in [0.29, 0.717) is 10.7 Å². The first-order chi connectivity index (χ1) is 10.8. The highest BCUT2D eigenvalue weighted by Gasteiger charge is 2.13. The van der Waals surface area contributed by atoms with Crippen molar-refractivity contribution in [3.8, 4) is 5.75 Å².